The lowest BCUT2D eigenvalue weighted by molar-refractivity contribution is -0.384. The van der Waals surface area contributed by atoms with Crippen LogP contribution < -0.4 is 0 Å². The molecule has 5 rings (SSSR count). The van der Waals surface area contributed by atoms with Gasteiger partial charge in [-0.1, -0.05) is 19.4 Å². The SMILES string of the molecule is C[C@]12CC[C@H]3[C@@H](CCC4=CC(=O)C(=Cc5ccc([N+](=O)[O-])cc5)C[C@@]43C)[C@@H]1CC[C@@H]2O. The minimum Gasteiger partial charge on any atom is -0.393 e. The number of hydrogen-bond acceptors (Lipinski definition) is 4. The number of aliphatic hydroxyl groups excluding tert-OH is 1. The van der Waals surface area contributed by atoms with Crippen molar-refractivity contribution in [3.8, 4) is 0 Å². The molecule has 1 aromatic rings. The highest BCUT2D eigenvalue weighted by Gasteiger charge is 2.59. The van der Waals surface area contributed by atoms with Gasteiger partial charge in [-0.25, -0.2) is 0 Å². The van der Waals surface area contributed by atoms with Crippen LogP contribution in [0.2, 0.25) is 0 Å². The van der Waals surface area contributed by atoms with E-state index in [2.05, 4.69) is 13.8 Å². The van der Waals surface area contributed by atoms with E-state index in [1.54, 1.807) is 12.1 Å². The number of non-ortho nitro benzene ring substituents is 1. The molecule has 3 fully saturated rings. The molecule has 6 atom stereocenters. The van der Waals surface area contributed by atoms with E-state index in [0.29, 0.717) is 17.8 Å². The maximum absolute atomic E-state index is 12.9. The molecule has 4 aliphatic rings. The van der Waals surface area contributed by atoms with Gasteiger partial charge in [0.25, 0.3) is 5.69 Å². The molecular weight excluding hydrogens is 390 g/mol. The van der Waals surface area contributed by atoms with E-state index in [1.165, 1.54) is 17.7 Å². The summed E-state index contributed by atoms with van der Waals surface area (Å²) in [4.78, 5) is 23.4. The van der Waals surface area contributed by atoms with Crippen molar-refractivity contribution < 1.29 is 14.8 Å². The molecule has 4 aliphatic carbocycles. The van der Waals surface area contributed by atoms with Crippen LogP contribution in [-0.4, -0.2) is 21.9 Å². The highest BCUT2D eigenvalue weighted by atomic mass is 16.6. The van der Waals surface area contributed by atoms with Gasteiger partial charge < -0.3 is 5.11 Å². The van der Waals surface area contributed by atoms with Crippen LogP contribution in [0.15, 0.2) is 41.5 Å². The second-order valence-corrected chi connectivity index (χ2v) is 10.7. The van der Waals surface area contributed by atoms with Crippen LogP contribution in [0.1, 0.15) is 64.4 Å². The van der Waals surface area contributed by atoms with E-state index < -0.39 is 4.92 Å². The van der Waals surface area contributed by atoms with Gasteiger partial charge in [-0.3, -0.25) is 14.9 Å². The standard InChI is InChI=1S/C26H31NO4/c1-25-12-11-22-20(21(25)9-10-24(25)29)8-5-18-14-23(28)17(15-26(18,22)2)13-16-3-6-19(7-4-16)27(30)31/h3-4,6-7,13-14,20-22,24,29H,5,8-12,15H2,1-2H3/t20-,21-,22-,24-,25-,26-/m0/s1. The van der Waals surface area contributed by atoms with Gasteiger partial charge in [-0.15, -0.1) is 0 Å². The fourth-order valence-electron chi connectivity index (χ4n) is 7.53. The smallest absolute Gasteiger partial charge is 0.269 e. The first-order valence-electron chi connectivity index (χ1n) is 11.6. The Hall–Kier alpha value is -2.27. The van der Waals surface area contributed by atoms with Crippen LogP contribution in [0.25, 0.3) is 6.08 Å². The number of benzene rings is 1. The molecule has 31 heavy (non-hydrogen) atoms. The summed E-state index contributed by atoms with van der Waals surface area (Å²) in [6, 6.07) is 6.42. The summed E-state index contributed by atoms with van der Waals surface area (Å²) in [5.74, 6) is 1.83. The Morgan fingerprint density at radius 1 is 1.10 bits per heavy atom. The maximum Gasteiger partial charge on any atom is 0.269 e. The molecule has 0 bridgehead atoms. The molecule has 5 nitrogen and oxygen atoms in total. The zero-order chi connectivity index (χ0) is 22.0. The monoisotopic (exact) mass is 421 g/mol. The number of nitro benzene ring substituents is 1. The minimum absolute atomic E-state index is 0.0156. The highest BCUT2D eigenvalue weighted by Crippen LogP contribution is 2.65. The first kappa shape index (κ1) is 20.6. The molecule has 0 radical (unpaired) electrons. The van der Waals surface area contributed by atoms with Gasteiger partial charge >= 0.3 is 0 Å². The predicted molar refractivity (Wildman–Crippen MR) is 119 cm³/mol. The van der Waals surface area contributed by atoms with Gasteiger partial charge in [0.15, 0.2) is 5.78 Å². The third-order valence-corrected chi connectivity index (χ3v) is 9.31. The lowest BCUT2D eigenvalue weighted by atomic mass is 9.47. The number of hydrogen-bond donors (Lipinski definition) is 1. The average molecular weight is 422 g/mol. The number of carbonyl (C=O) groups excluding carboxylic acids is 1. The molecule has 1 aromatic carbocycles. The van der Waals surface area contributed by atoms with Gasteiger partial charge in [0.05, 0.1) is 11.0 Å². The van der Waals surface area contributed by atoms with Gasteiger partial charge in [0.1, 0.15) is 0 Å². The summed E-state index contributed by atoms with van der Waals surface area (Å²) in [5.41, 5.74) is 3.04. The second kappa shape index (κ2) is 7.13. The van der Waals surface area contributed by atoms with Crippen molar-refractivity contribution in [3.05, 3.63) is 57.2 Å². The summed E-state index contributed by atoms with van der Waals surface area (Å²) in [6.07, 6.45) is 10.7. The van der Waals surface area contributed by atoms with Crippen molar-refractivity contribution in [1.29, 1.82) is 0 Å². The summed E-state index contributed by atoms with van der Waals surface area (Å²) in [7, 11) is 0. The summed E-state index contributed by atoms with van der Waals surface area (Å²) < 4.78 is 0. The maximum atomic E-state index is 12.9. The number of ketones is 1. The molecule has 3 saturated carbocycles. The van der Waals surface area contributed by atoms with E-state index in [4.69, 9.17) is 0 Å². The first-order valence-corrected chi connectivity index (χ1v) is 11.6. The molecule has 164 valence electrons. The lowest BCUT2D eigenvalue weighted by Gasteiger charge is -2.57. The Bertz CT molecular complexity index is 993. The van der Waals surface area contributed by atoms with Gasteiger partial charge in [-0.05, 0) is 103 Å². The van der Waals surface area contributed by atoms with Gasteiger partial charge in [0, 0.05) is 17.7 Å². The molecule has 0 unspecified atom stereocenters. The number of aliphatic hydroxyl groups is 1. The van der Waals surface area contributed by atoms with E-state index in [0.717, 1.165) is 56.1 Å². The molecular formula is C26H31NO4. The fourth-order valence-corrected chi connectivity index (χ4v) is 7.53. The summed E-state index contributed by atoms with van der Waals surface area (Å²) in [5, 5.41) is 21.6. The van der Waals surface area contributed by atoms with Crippen LogP contribution in [0, 0.1) is 38.7 Å². The number of rotatable bonds is 2. The Morgan fingerprint density at radius 3 is 2.55 bits per heavy atom. The minimum atomic E-state index is -0.405. The van der Waals surface area contributed by atoms with E-state index >= 15 is 0 Å². The number of carbonyl (C=O) groups is 1. The van der Waals surface area contributed by atoms with E-state index in [1.807, 2.05) is 12.2 Å². The van der Waals surface area contributed by atoms with Gasteiger partial charge in [0.2, 0.25) is 0 Å². The lowest BCUT2D eigenvalue weighted by Crippen LogP contribution is -2.51. The predicted octanol–water partition coefficient (Wildman–Crippen LogP) is 5.48. The number of nitrogens with zero attached hydrogens (tertiary/aromatic N) is 1. The molecule has 0 saturated heterocycles. The van der Waals surface area contributed by atoms with Crippen LogP contribution in [-0.2, 0) is 4.79 Å². The van der Waals surface area contributed by atoms with Crippen molar-refractivity contribution >= 4 is 17.5 Å². The second-order valence-electron chi connectivity index (χ2n) is 10.7. The van der Waals surface area contributed by atoms with E-state index in [-0.39, 0.29) is 28.4 Å². The summed E-state index contributed by atoms with van der Waals surface area (Å²) >= 11 is 0. The number of allylic oxidation sites excluding steroid dienone is 2. The van der Waals surface area contributed by atoms with Crippen molar-refractivity contribution in [3.63, 3.8) is 0 Å². The quantitative estimate of drug-likeness (QED) is 0.389. The Labute approximate surface area is 183 Å². The van der Waals surface area contributed by atoms with Crippen molar-refractivity contribution in [1.82, 2.24) is 0 Å². The topological polar surface area (TPSA) is 80.4 Å². The molecule has 0 aromatic heterocycles. The molecule has 0 aliphatic heterocycles. The molecule has 0 heterocycles. The highest BCUT2D eigenvalue weighted by molar-refractivity contribution is 6.08. The number of nitro groups is 1. The molecule has 0 spiro atoms. The average Bonchev–Trinajstić information content (AvgIpc) is 3.04. The third-order valence-electron chi connectivity index (χ3n) is 9.31. The Kier molecular flexibility index (Phi) is 4.74. The zero-order valence-corrected chi connectivity index (χ0v) is 18.3. The largest absolute Gasteiger partial charge is 0.393 e. The normalized spacial score (nSPS) is 40.7. The van der Waals surface area contributed by atoms with Crippen LogP contribution >= 0.6 is 0 Å². The Morgan fingerprint density at radius 2 is 1.84 bits per heavy atom. The Balaban J connectivity index is 1.46. The fraction of sp³-hybridized carbons (Fsp3) is 0.577. The van der Waals surface area contributed by atoms with Crippen molar-refractivity contribution in [2.45, 2.75) is 64.9 Å². The van der Waals surface area contributed by atoms with Gasteiger partial charge in [-0.2, -0.15) is 0 Å². The molecule has 5 heteroatoms. The van der Waals surface area contributed by atoms with Crippen molar-refractivity contribution in [2.75, 3.05) is 0 Å². The third kappa shape index (κ3) is 3.12. The molecule has 0 amide bonds. The van der Waals surface area contributed by atoms with E-state index in [9.17, 15) is 20.0 Å². The summed E-state index contributed by atoms with van der Waals surface area (Å²) in [6.45, 7) is 4.64. The van der Waals surface area contributed by atoms with Crippen molar-refractivity contribution in [2.24, 2.45) is 28.6 Å². The van der Waals surface area contributed by atoms with Crippen LogP contribution in [0.4, 0.5) is 5.69 Å². The zero-order valence-electron chi connectivity index (χ0n) is 18.3. The molecule has 1 N–H and O–H groups in total. The van der Waals surface area contributed by atoms with Crippen LogP contribution in [0.3, 0.4) is 0 Å². The number of fused-ring (bicyclic) bond motifs is 5. The first-order chi connectivity index (χ1) is 14.7. The van der Waals surface area contributed by atoms with Crippen LogP contribution in [0.5, 0.6) is 0 Å².